The number of aromatic carboxylic acids is 1. The number of hydrogen-bond donors (Lipinski definition) is 2. The van der Waals surface area contributed by atoms with Gasteiger partial charge in [0, 0.05) is 31.8 Å². The number of carbonyl (C=O) groups excluding carboxylic acids is 3. The lowest BCUT2D eigenvalue weighted by Gasteiger charge is -2.43. The minimum Gasteiger partial charge on any atom is -0.476 e. The van der Waals surface area contributed by atoms with Gasteiger partial charge < -0.3 is 20.1 Å². The quantitative estimate of drug-likeness (QED) is 0.375. The lowest BCUT2D eigenvalue weighted by molar-refractivity contribution is -0.149. The number of carboxylic acid groups (broad SMARTS) is 1. The molecule has 4 unspecified atom stereocenters. The van der Waals surface area contributed by atoms with Crippen LogP contribution >= 0.6 is 11.3 Å². The lowest BCUT2D eigenvalue weighted by atomic mass is 9.86. The van der Waals surface area contributed by atoms with Gasteiger partial charge in [-0.3, -0.25) is 19.3 Å². The number of aromatic nitrogens is 1. The maximum Gasteiger partial charge on any atom is 0.355 e. The number of rotatable bonds is 12. The van der Waals surface area contributed by atoms with Gasteiger partial charge in [-0.25, -0.2) is 9.78 Å². The lowest BCUT2D eigenvalue weighted by Crippen LogP contribution is -2.62. The highest BCUT2D eigenvalue weighted by Gasteiger charge is 2.42. The molecule has 1 fully saturated rings. The van der Waals surface area contributed by atoms with Crippen LogP contribution in [-0.2, 0) is 19.1 Å². The standard InChI is InChI=1S/C27H44N4O6S/c1-9-17(4)22(29-26(36)27(6)12-10-11-13-30(27)7)24(33)31(8)20(16(2)3)14-21(37-18(5)32)23-28-19(15-38-23)25(34)35/h15-17,20-22H,9-14H2,1-8H3,(H,29,36)(H,34,35)/t17?,20?,21?,22?,27-/m0/s1. The predicted octanol–water partition coefficient (Wildman–Crippen LogP) is 3.72. The molecule has 2 heterocycles. The molecule has 1 aliphatic rings. The summed E-state index contributed by atoms with van der Waals surface area (Å²) in [6.45, 7) is 11.9. The highest BCUT2D eigenvalue weighted by atomic mass is 32.1. The predicted molar refractivity (Wildman–Crippen MR) is 146 cm³/mol. The molecule has 38 heavy (non-hydrogen) atoms. The van der Waals surface area contributed by atoms with Gasteiger partial charge in [-0.05, 0) is 51.6 Å². The van der Waals surface area contributed by atoms with E-state index in [4.69, 9.17) is 4.74 Å². The van der Waals surface area contributed by atoms with Crippen molar-refractivity contribution < 1.29 is 29.0 Å². The van der Waals surface area contributed by atoms with Gasteiger partial charge in [-0.1, -0.05) is 34.1 Å². The van der Waals surface area contributed by atoms with Crippen molar-refractivity contribution in [3.05, 3.63) is 16.1 Å². The van der Waals surface area contributed by atoms with E-state index in [-0.39, 0.29) is 41.8 Å². The smallest absolute Gasteiger partial charge is 0.355 e. The second kappa shape index (κ2) is 13.5. The molecule has 11 heteroatoms. The van der Waals surface area contributed by atoms with Gasteiger partial charge in [0.2, 0.25) is 11.8 Å². The van der Waals surface area contributed by atoms with Crippen LogP contribution in [0.1, 0.15) is 95.2 Å². The van der Waals surface area contributed by atoms with Gasteiger partial charge in [-0.2, -0.15) is 0 Å². The summed E-state index contributed by atoms with van der Waals surface area (Å²) in [7, 11) is 3.65. The third-order valence-corrected chi connectivity index (χ3v) is 8.84. The van der Waals surface area contributed by atoms with E-state index in [1.165, 1.54) is 12.3 Å². The fourth-order valence-corrected chi connectivity index (χ4v) is 5.77. The van der Waals surface area contributed by atoms with Crippen LogP contribution < -0.4 is 5.32 Å². The number of likely N-dealkylation sites (N-methyl/N-ethyl adjacent to an activating group) is 2. The monoisotopic (exact) mass is 552 g/mol. The number of carboxylic acids is 1. The molecule has 1 aromatic rings. The van der Waals surface area contributed by atoms with Crippen LogP contribution in [0.3, 0.4) is 0 Å². The number of nitrogens with one attached hydrogen (secondary N) is 1. The number of piperidine rings is 1. The average Bonchev–Trinajstić information content (AvgIpc) is 3.35. The molecule has 1 saturated heterocycles. The number of likely N-dealkylation sites (tertiary alicyclic amines) is 1. The van der Waals surface area contributed by atoms with Gasteiger partial charge in [0.15, 0.2) is 11.8 Å². The van der Waals surface area contributed by atoms with E-state index in [0.717, 1.165) is 37.1 Å². The topological polar surface area (TPSA) is 129 Å². The zero-order valence-corrected chi connectivity index (χ0v) is 24.8. The Hall–Kier alpha value is -2.53. The normalized spacial score (nSPS) is 21.3. The van der Waals surface area contributed by atoms with Crippen molar-refractivity contribution in [2.75, 3.05) is 20.6 Å². The molecule has 214 valence electrons. The molecule has 10 nitrogen and oxygen atoms in total. The highest BCUT2D eigenvalue weighted by Crippen LogP contribution is 2.31. The molecular weight excluding hydrogens is 508 g/mol. The molecule has 0 spiro atoms. The Labute approximate surface area is 230 Å². The summed E-state index contributed by atoms with van der Waals surface area (Å²) in [5, 5.41) is 14.1. The Balaban J connectivity index is 2.31. The molecule has 0 aromatic carbocycles. The van der Waals surface area contributed by atoms with Crippen molar-refractivity contribution in [2.45, 2.75) is 97.4 Å². The molecular formula is C27H44N4O6S. The van der Waals surface area contributed by atoms with Crippen LogP contribution in [0.4, 0.5) is 0 Å². The fraction of sp³-hybridized carbons (Fsp3) is 0.741. The second-order valence-electron chi connectivity index (χ2n) is 11.0. The molecule has 2 N–H and O–H groups in total. The van der Waals surface area contributed by atoms with Crippen LogP contribution in [-0.4, -0.2) is 81.9 Å². The molecule has 1 aromatic heterocycles. The molecule has 2 rings (SSSR count). The van der Waals surface area contributed by atoms with Crippen LogP contribution in [0, 0.1) is 11.8 Å². The zero-order chi connectivity index (χ0) is 28.8. The van der Waals surface area contributed by atoms with Crippen LogP contribution in [0.15, 0.2) is 5.38 Å². The largest absolute Gasteiger partial charge is 0.476 e. The number of esters is 1. The van der Waals surface area contributed by atoms with E-state index in [2.05, 4.69) is 15.2 Å². The number of thiazole rings is 1. The molecule has 0 radical (unpaired) electrons. The van der Waals surface area contributed by atoms with E-state index in [0.29, 0.717) is 11.4 Å². The van der Waals surface area contributed by atoms with Gasteiger partial charge >= 0.3 is 11.9 Å². The van der Waals surface area contributed by atoms with Crippen molar-refractivity contribution in [1.82, 2.24) is 20.1 Å². The highest BCUT2D eigenvalue weighted by molar-refractivity contribution is 7.09. The molecule has 2 amide bonds. The number of amides is 2. The van der Waals surface area contributed by atoms with Gasteiger partial charge in [0.25, 0.3) is 0 Å². The number of carbonyl (C=O) groups is 4. The summed E-state index contributed by atoms with van der Waals surface area (Å²) in [5.74, 6) is -2.15. The maximum atomic E-state index is 13.9. The van der Waals surface area contributed by atoms with E-state index < -0.39 is 29.6 Å². The molecule has 5 atom stereocenters. The molecule has 1 aliphatic heterocycles. The molecule has 0 aliphatic carbocycles. The Morgan fingerprint density at radius 1 is 1.26 bits per heavy atom. The summed E-state index contributed by atoms with van der Waals surface area (Å²) >= 11 is 1.11. The first-order valence-corrected chi connectivity index (χ1v) is 14.3. The summed E-state index contributed by atoms with van der Waals surface area (Å²) in [6, 6.07) is -1.07. The zero-order valence-electron chi connectivity index (χ0n) is 23.9. The number of ether oxygens (including phenoxy) is 1. The third-order valence-electron chi connectivity index (χ3n) is 7.90. The Morgan fingerprint density at radius 2 is 1.92 bits per heavy atom. The first-order chi connectivity index (χ1) is 17.7. The van der Waals surface area contributed by atoms with Crippen LogP contribution in [0.25, 0.3) is 0 Å². The first kappa shape index (κ1) is 31.7. The summed E-state index contributed by atoms with van der Waals surface area (Å²) in [5.41, 5.74) is -0.790. The van der Waals surface area contributed by atoms with E-state index >= 15 is 0 Å². The van der Waals surface area contributed by atoms with E-state index in [1.807, 2.05) is 41.7 Å². The van der Waals surface area contributed by atoms with E-state index in [1.54, 1.807) is 11.9 Å². The van der Waals surface area contributed by atoms with Crippen molar-refractivity contribution in [1.29, 1.82) is 0 Å². The summed E-state index contributed by atoms with van der Waals surface area (Å²) < 4.78 is 5.54. The SMILES string of the molecule is CCC(C)C(NC(=O)[C@]1(C)CCCCN1C)C(=O)N(C)C(CC(OC(C)=O)c1nc(C(=O)O)cs1)C(C)C. The Morgan fingerprint density at radius 3 is 2.42 bits per heavy atom. The number of nitrogens with zero attached hydrogens (tertiary/aromatic N) is 3. The maximum absolute atomic E-state index is 13.9. The van der Waals surface area contributed by atoms with Gasteiger partial charge in [0.05, 0.1) is 5.54 Å². The first-order valence-electron chi connectivity index (χ1n) is 13.4. The minimum atomic E-state index is -1.16. The molecule has 0 bridgehead atoms. The van der Waals surface area contributed by atoms with Gasteiger partial charge in [-0.15, -0.1) is 11.3 Å². The summed E-state index contributed by atoms with van der Waals surface area (Å²) in [6.07, 6.45) is 2.88. The minimum absolute atomic E-state index is 0.0174. The third kappa shape index (κ3) is 7.53. The summed E-state index contributed by atoms with van der Waals surface area (Å²) in [4.78, 5) is 58.5. The van der Waals surface area contributed by atoms with Crippen molar-refractivity contribution in [2.24, 2.45) is 11.8 Å². The van der Waals surface area contributed by atoms with Crippen molar-refractivity contribution in [3.8, 4) is 0 Å². The van der Waals surface area contributed by atoms with Crippen molar-refractivity contribution in [3.63, 3.8) is 0 Å². The second-order valence-corrected chi connectivity index (χ2v) is 11.8. The Kier molecular flexibility index (Phi) is 11.3. The van der Waals surface area contributed by atoms with Crippen molar-refractivity contribution >= 4 is 35.1 Å². The van der Waals surface area contributed by atoms with Crippen LogP contribution in [0.5, 0.6) is 0 Å². The number of hydrogen-bond acceptors (Lipinski definition) is 8. The van der Waals surface area contributed by atoms with Crippen LogP contribution in [0.2, 0.25) is 0 Å². The Bertz CT molecular complexity index is 998. The van der Waals surface area contributed by atoms with Gasteiger partial charge in [0.1, 0.15) is 11.0 Å². The fourth-order valence-electron chi connectivity index (χ4n) is 4.94. The van der Waals surface area contributed by atoms with E-state index in [9.17, 15) is 24.3 Å². The molecule has 0 saturated carbocycles. The average molecular weight is 553 g/mol.